The Morgan fingerprint density at radius 1 is 1.36 bits per heavy atom. The smallest absolute Gasteiger partial charge is 0.289 e. The Labute approximate surface area is 135 Å². The van der Waals surface area contributed by atoms with Gasteiger partial charge in [-0.15, -0.1) is 0 Å². The highest BCUT2D eigenvalue weighted by Crippen LogP contribution is 2.37. The van der Waals surface area contributed by atoms with Crippen LogP contribution in [-0.4, -0.2) is 13.4 Å². The molecule has 22 heavy (non-hydrogen) atoms. The summed E-state index contributed by atoms with van der Waals surface area (Å²) in [5, 5.41) is 7.15. The van der Waals surface area contributed by atoms with Crippen LogP contribution in [0.15, 0.2) is 41.5 Å². The maximum atomic E-state index is 5.72. The van der Waals surface area contributed by atoms with Crippen LogP contribution in [0.3, 0.4) is 0 Å². The molecule has 0 aromatic heterocycles. The van der Waals surface area contributed by atoms with Crippen molar-refractivity contribution in [1.82, 2.24) is 0 Å². The number of hydrogen-bond acceptors (Lipinski definition) is 3. The predicted molar refractivity (Wildman–Crippen MR) is 99.3 cm³/mol. The van der Waals surface area contributed by atoms with Gasteiger partial charge in [-0.05, 0) is 55.9 Å². The van der Waals surface area contributed by atoms with Crippen molar-refractivity contribution in [2.75, 3.05) is 17.1 Å². The molecule has 4 heteroatoms. The molecular weight excluding hydrogens is 269 g/mol. The Hall–Kier alpha value is -1.84. The fraction of sp³-hybridized carbons (Fsp3) is 0.444. The minimum Gasteiger partial charge on any atom is -0.424 e. The normalized spacial score (nSPS) is 18.2. The SMILES string of the molecule is CCCCNc1ccc2c(c1)C(C)B(/C(C)=C/C=C(\C)N)N2. The van der Waals surface area contributed by atoms with Crippen LogP contribution in [0.4, 0.5) is 11.4 Å². The number of fused-ring (bicyclic) bond motifs is 1. The standard InChI is InChI=1S/C18H28BN3/c1-5-6-11-21-16-9-10-18-17(12-16)15(4)19(22-18)13(2)7-8-14(3)20/h7-10,12,15,21-22H,5-6,11,20H2,1-4H3/b13-7+,14-8+. The first-order valence-corrected chi connectivity index (χ1v) is 8.27. The first-order chi connectivity index (χ1) is 10.5. The fourth-order valence-corrected chi connectivity index (χ4v) is 2.94. The first kappa shape index (κ1) is 16.5. The van der Waals surface area contributed by atoms with Gasteiger partial charge in [0, 0.05) is 23.6 Å². The van der Waals surface area contributed by atoms with Gasteiger partial charge in [-0.2, -0.15) is 0 Å². The van der Waals surface area contributed by atoms with Crippen molar-refractivity contribution in [1.29, 1.82) is 0 Å². The molecule has 1 aliphatic rings. The Kier molecular flexibility index (Phi) is 5.59. The largest absolute Gasteiger partial charge is 0.424 e. The van der Waals surface area contributed by atoms with Crippen LogP contribution in [0.5, 0.6) is 0 Å². The van der Waals surface area contributed by atoms with Gasteiger partial charge in [-0.25, -0.2) is 0 Å². The van der Waals surface area contributed by atoms with E-state index in [0.717, 1.165) is 12.2 Å². The molecule has 1 aromatic carbocycles. The zero-order valence-electron chi connectivity index (χ0n) is 14.2. The molecule has 0 saturated heterocycles. The second-order valence-electron chi connectivity index (χ2n) is 6.31. The molecule has 0 amide bonds. The van der Waals surface area contributed by atoms with Crippen molar-refractivity contribution >= 4 is 18.2 Å². The van der Waals surface area contributed by atoms with E-state index in [9.17, 15) is 0 Å². The molecule has 0 radical (unpaired) electrons. The van der Waals surface area contributed by atoms with Crippen molar-refractivity contribution in [3.8, 4) is 0 Å². The van der Waals surface area contributed by atoms with Crippen LogP contribution in [0, 0.1) is 0 Å². The van der Waals surface area contributed by atoms with Crippen molar-refractivity contribution in [3.63, 3.8) is 0 Å². The molecule has 0 aliphatic carbocycles. The first-order valence-electron chi connectivity index (χ1n) is 8.27. The van der Waals surface area contributed by atoms with Crippen LogP contribution in [-0.2, 0) is 0 Å². The zero-order valence-corrected chi connectivity index (χ0v) is 14.2. The van der Waals surface area contributed by atoms with E-state index in [-0.39, 0.29) is 0 Å². The summed E-state index contributed by atoms with van der Waals surface area (Å²) in [4.78, 5) is 0. The van der Waals surface area contributed by atoms with Gasteiger partial charge in [-0.3, -0.25) is 0 Å². The summed E-state index contributed by atoms with van der Waals surface area (Å²) in [6.45, 7) is 9.97. The average molecular weight is 297 g/mol. The van der Waals surface area contributed by atoms with Crippen molar-refractivity contribution in [3.05, 3.63) is 47.1 Å². The minimum absolute atomic E-state index is 0.344. The van der Waals surface area contributed by atoms with E-state index in [2.05, 4.69) is 55.6 Å². The molecule has 1 aromatic rings. The van der Waals surface area contributed by atoms with E-state index in [1.165, 1.54) is 35.3 Å². The summed E-state index contributed by atoms with van der Waals surface area (Å²) in [6.07, 6.45) is 6.52. The van der Waals surface area contributed by atoms with Crippen LogP contribution in [0.25, 0.3) is 0 Å². The summed E-state index contributed by atoms with van der Waals surface area (Å²) >= 11 is 0. The second kappa shape index (κ2) is 7.43. The van der Waals surface area contributed by atoms with Crippen LogP contribution >= 0.6 is 0 Å². The lowest BCUT2D eigenvalue weighted by molar-refractivity contribution is 0.834. The van der Waals surface area contributed by atoms with Crippen LogP contribution in [0.2, 0.25) is 0 Å². The van der Waals surface area contributed by atoms with Crippen molar-refractivity contribution in [2.45, 2.75) is 46.4 Å². The molecule has 1 aliphatic heterocycles. The highest BCUT2D eigenvalue weighted by Gasteiger charge is 2.33. The number of hydrogen-bond donors (Lipinski definition) is 3. The molecule has 1 unspecified atom stereocenters. The molecule has 3 nitrogen and oxygen atoms in total. The summed E-state index contributed by atoms with van der Waals surface area (Å²) in [7, 11) is 0. The lowest BCUT2D eigenvalue weighted by Crippen LogP contribution is -2.26. The number of allylic oxidation sites excluding steroid dienone is 4. The highest BCUT2D eigenvalue weighted by atomic mass is 14.9. The Morgan fingerprint density at radius 2 is 2.14 bits per heavy atom. The number of rotatable bonds is 6. The van der Waals surface area contributed by atoms with E-state index in [4.69, 9.17) is 5.73 Å². The minimum atomic E-state index is 0.344. The molecular formula is C18H28BN3. The van der Waals surface area contributed by atoms with Crippen molar-refractivity contribution in [2.24, 2.45) is 5.73 Å². The van der Waals surface area contributed by atoms with Gasteiger partial charge < -0.3 is 16.3 Å². The van der Waals surface area contributed by atoms with Gasteiger partial charge in [0.15, 0.2) is 0 Å². The van der Waals surface area contributed by atoms with Gasteiger partial charge in [0.05, 0.1) is 0 Å². The lowest BCUT2D eigenvalue weighted by atomic mass is 9.48. The molecule has 1 atom stereocenters. The van der Waals surface area contributed by atoms with Gasteiger partial charge in [0.25, 0.3) is 6.85 Å². The maximum absolute atomic E-state index is 5.72. The third-order valence-corrected chi connectivity index (χ3v) is 4.31. The molecule has 2 rings (SSSR count). The number of nitrogens with two attached hydrogens (primary N) is 1. The number of nitrogens with one attached hydrogen (secondary N) is 2. The highest BCUT2D eigenvalue weighted by molar-refractivity contribution is 6.72. The summed E-state index contributed by atoms with van der Waals surface area (Å²) in [6, 6.07) is 6.65. The fourth-order valence-electron chi connectivity index (χ4n) is 2.94. The molecule has 0 saturated carbocycles. The van der Waals surface area contributed by atoms with E-state index in [0.29, 0.717) is 12.7 Å². The van der Waals surface area contributed by atoms with Crippen LogP contribution in [0.1, 0.15) is 51.9 Å². The lowest BCUT2D eigenvalue weighted by Gasteiger charge is -2.12. The molecule has 1 heterocycles. The summed E-state index contributed by atoms with van der Waals surface area (Å²) < 4.78 is 0. The molecule has 118 valence electrons. The number of unbranched alkanes of at least 4 members (excludes halogenated alkanes) is 1. The van der Waals surface area contributed by atoms with Gasteiger partial charge in [-0.1, -0.05) is 31.8 Å². The number of anilines is 2. The van der Waals surface area contributed by atoms with E-state index in [1.54, 1.807) is 0 Å². The third-order valence-electron chi connectivity index (χ3n) is 4.31. The third kappa shape index (κ3) is 3.87. The Bertz CT molecular complexity index is 574. The molecule has 4 N–H and O–H groups in total. The van der Waals surface area contributed by atoms with Gasteiger partial charge in [0.2, 0.25) is 0 Å². The molecule has 0 bridgehead atoms. The Morgan fingerprint density at radius 3 is 2.82 bits per heavy atom. The average Bonchev–Trinajstić information content (AvgIpc) is 2.82. The Balaban J connectivity index is 2.12. The van der Waals surface area contributed by atoms with Crippen molar-refractivity contribution < 1.29 is 0 Å². The topological polar surface area (TPSA) is 50.1 Å². The molecule has 0 spiro atoms. The van der Waals surface area contributed by atoms with E-state index < -0.39 is 0 Å². The van der Waals surface area contributed by atoms with Crippen LogP contribution < -0.4 is 16.3 Å². The predicted octanol–water partition coefficient (Wildman–Crippen LogP) is 4.31. The quantitative estimate of drug-likeness (QED) is 0.417. The van der Waals surface area contributed by atoms with E-state index in [1.807, 2.05) is 13.0 Å². The summed E-state index contributed by atoms with van der Waals surface area (Å²) in [5.41, 5.74) is 11.7. The molecule has 0 fully saturated rings. The monoisotopic (exact) mass is 297 g/mol. The van der Waals surface area contributed by atoms with E-state index >= 15 is 0 Å². The maximum Gasteiger partial charge on any atom is 0.289 e. The van der Waals surface area contributed by atoms with Gasteiger partial charge in [0.1, 0.15) is 0 Å². The van der Waals surface area contributed by atoms with Gasteiger partial charge >= 0.3 is 0 Å². The second-order valence-corrected chi connectivity index (χ2v) is 6.31. The number of benzene rings is 1. The summed E-state index contributed by atoms with van der Waals surface area (Å²) in [5.74, 6) is 0.464. The zero-order chi connectivity index (χ0) is 16.1.